The van der Waals surface area contributed by atoms with Crippen molar-refractivity contribution in [1.82, 2.24) is 10.6 Å². The number of hydrogen-bond acceptors (Lipinski definition) is 6. The molecule has 0 heterocycles. The van der Waals surface area contributed by atoms with Crippen LogP contribution in [-0.2, 0) is 17.7 Å². The Morgan fingerprint density at radius 2 is 0.750 bits per heavy atom. The Bertz CT molecular complexity index is 342. The van der Waals surface area contributed by atoms with Crippen molar-refractivity contribution in [2.24, 2.45) is 0 Å². The molecular weight excluding hydrogens is 436 g/mol. The lowest BCUT2D eigenvalue weighted by molar-refractivity contribution is 0.264. The van der Waals surface area contributed by atoms with E-state index in [9.17, 15) is 0 Å². The summed E-state index contributed by atoms with van der Waals surface area (Å²) in [6.07, 6.45) is 16.0. The molecule has 0 aliphatic rings. The van der Waals surface area contributed by atoms with E-state index in [1.807, 2.05) is 0 Å². The first-order valence-corrected chi connectivity index (χ1v) is 16.3. The molecule has 8 heteroatoms. The monoisotopic (exact) mass is 492 g/mol. The molecule has 2 N–H and O–H groups in total. The van der Waals surface area contributed by atoms with Crippen LogP contribution in [0.5, 0.6) is 0 Å². The summed E-state index contributed by atoms with van der Waals surface area (Å²) < 4.78 is 21.8. The van der Waals surface area contributed by atoms with Crippen LogP contribution in [0.2, 0.25) is 11.1 Å². The predicted molar refractivity (Wildman–Crippen MR) is 142 cm³/mol. The fourth-order valence-corrected chi connectivity index (χ4v) is 7.34. The quantitative estimate of drug-likeness (QED) is 0.143. The maximum Gasteiger partial charge on any atom is 0.323 e. The highest BCUT2D eigenvalue weighted by Crippen LogP contribution is 2.15. The average molecular weight is 493 g/mol. The molecule has 0 amide bonds. The zero-order valence-corrected chi connectivity index (χ0v) is 24.6. The lowest BCUT2D eigenvalue weighted by Gasteiger charge is -2.18. The van der Waals surface area contributed by atoms with Crippen molar-refractivity contribution in [1.29, 1.82) is 0 Å². The van der Waals surface area contributed by atoms with E-state index in [1.54, 1.807) is 28.4 Å². The molecule has 0 saturated carbocycles. The second-order valence-corrected chi connectivity index (χ2v) is 14.9. The van der Waals surface area contributed by atoms with Crippen LogP contribution in [0, 0.1) is 0 Å². The third kappa shape index (κ3) is 18.6. The SMILES string of the molecule is CO[SiH](OC)C(C)CCNCCCCCCCCCCCCNCCC(C)[SiH](OC)OC. The summed E-state index contributed by atoms with van der Waals surface area (Å²) in [5, 5.41) is 7.15. The highest BCUT2D eigenvalue weighted by Gasteiger charge is 2.19. The third-order valence-corrected chi connectivity index (χ3v) is 10.8. The molecule has 6 nitrogen and oxygen atoms in total. The Morgan fingerprint density at radius 3 is 1.03 bits per heavy atom. The average Bonchev–Trinajstić information content (AvgIpc) is 2.79. The smallest absolute Gasteiger partial charge is 0.323 e. The minimum absolute atomic E-state index is 0.564. The van der Waals surface area contributed by atoms with Crippen LogP contribution < -0.4 is 10.6 Å². The maximum atomic E-state index is 5.45. The minimum Gasteiger partial charge on any atom is -0.400 e. The van der Waals surface area contributed by atoms with Crippen LogP contribution >= 0.6 is 0 Å². The molecule has 0 radical (unpaired) electrons. The summed E-state index contributed by atoms with van der Waals surface area (Å²) in [6.45, 7) is 8.94. The molecule has 0 rings (SSSR count). The van der Waals surface area contributed by atoms with Gasteiger partial charge in [0.25, 0.3) is 0 Å². The molecule has 2 unspecified atom stereocenters. The molecule has 0 saturated heterocycles. The zero-order chi connectivity index (χ0) is 23.9. The van der Waals surface area contributed by atoms with Gasteiger partial charge in [0.2, 0.25) is 0 Å². The molecule has 32 heavy (non-hydrogen) atoms. The molecule has 0 aliphatic heterocycles. The van der Waals surface area contributed by atoms with Crippen molar-refractivity contribution in [2.75, 3.05) is 54.6 Å². The Morgan fingerprint density at radius 1 is 0.469 bits per heavy atom. The van der Waals surface area contributed by atoms with Crippen LogP contribution in [-0.4, -0.2) is 73.2 Å². The maximum absolute atomic E-state index is 5.45. The van der Waals surface area contributed by atoms with Crippen molar-refractivity contribution in [3.05, 3.63) is 0 Å². The van der Waals surface area contributed by atoms with Crippen molar-refractivity contribution < 1.29 is 17.7 Å². The van der Waals surface area contributed by atoms with E-state index < -0.39 is 18.6 Å². The largest absolute Gasteiger partial charge is 0.400 e. The minimum atomic E-state index is -1.44. The Hall–Kier alpha value is 0.194. The van der Waals surface area contributed by atoms with Crippen LogP contribution in [0.3, 0.4) is 0 Å². The molecule has 2 atom stereocenters. The second kappa shape index (κ2) is 24.3. The lowest BCUT2D eigenvalue weighted by atomic mass is 10.1. The van der Waals surface area contributed by atoms with Crippen LogP contribution in [0.4, 0.5) is 0 Å². The van der Waals surface area contributed by atoms with E-state index in [2.05, 4.69) is 24.5 Å². The van der Waals surface area contributed by atoms with Gasteiger partial charge in [-0.1, -0.05) is 65.2 Å². The Balaban J connectivity index is 3.24. The zero-order valence-electron chi connectivity index (χ0n) is 22.3. The van der Waals surface area contributed by atoms with E-state index >= 15 is 0 Å². The summed E-state index contributed by atoms with van der Waals surface area (Å²) >= 11 is 0. The fraction of sp³-hybridized carbons (Fsp3) is 1.00. The molecule has 194 valence electrons. The Kier molecular flexibility index (Phi) is 24.5. The van der Waals surface area contributed by atoms with E-state index in [1.165, 1.54) is 64.2 Å². The van der Waals surface area contributed by atoms with Gasteiger partial charge in [-0.25, -0.2) is 0 Å². The van der Waals surface area contributed by atoms with E-state index in [-0.39, 0.29) is 0 Å². The van der Waals surface area contributed by atoms with Gasteiger partial charge in [-0.05, 0) is 62.9 Å². The van der Waals surface area contributed by atoms with Gasteiger partial charge in [0, 0.05) is 28.4 Å². The lowest BCUT2D eigenvalue weighted by Crippen LogP contribution is -2.27. The van der Waals surface area contributed by atoms with Crippen molar-refractivity contribution in [3.8, 4) is 0 Å². The predicted octanol–water partition coefficient (Wildman–Crippen LogP) is 4.65. The number of hydrogen-bond donors (Lipinski definition) is 2. The van der Waals surface area contributed by atoms with Gasteiger partial charge in [-0.15, -0.1) is 0 Å². The highest BCUT2D eigenvalue weighted by atomic mass is 28.3. The third-order valence-electron chi connectivity index (χ3n) is 6.37. The number of rotatable bonds is 25. The number of nitrogens with one attached hydrogen (secondary N) is 2. The summed E-state index contributed by atoms with van der Waals surface area (Å²) in [5.41, 5.74) is 1.13. The molecule has 0 aromatic heterocycles. The summed E-state index contributed by atoms with van der Waals surface area (Å²) in [4.78, 5) is 0. The molecule has 0 aliphatic carbocycles. The van der Waals surface area contributed by atoms with Gasteiger partial charge in [-0.2, -0.15) is 0 Å². The highest BCUT2D eigenvalue weighted by molar-refractivity contribution is 6.46. The first-order valence-electron chi connectivity index (χ1n) is 13.1. The standard InChI is InChI=1S/C24H56N2O4Si2/c1-23(31(27-3)28-4)17-21-25-19-15-13-11-9-7-8-10-12-14-16-20-26-22-18-24(2)32(29-5)30-6/h23-26,31-32H,7-22H2,1-6H3. The van der Waals surface area contributed by atoms with Crippen molar-refractivity contribution >= 4 is 18.6 Å². The first kappa shape index (κ1) is 32.2. The van der Waals surface area contributed by atoms with Gasteiger partial charge >= 0.3 is 18.6 Å². The van der Waals surface area contributed by atoms with Crippen LogP contribution in [0.25, 0.3) is 0 Å². The molecular formula is C24H56N2O4Si2. The van der Waals surface area contributed by atoms with E-state index in [0.717, 1.165) is 39.0 Å². The molecule has 0 spiro atoms. The fourth-order valence-electron chi connectivity index (χ4n) is 4.22. The topological polar surface area (TPSA) is 61.0 Å². The molecule has 0 aromatic carbocycles. The van der Waals surface area contributed by atoms with Gasteiger partial charge in [0.05, 0.1) is 0 Å². The molecule has 0 fully saturated rings. The van der Waals surface area contributed by atoms with Crippen LogP contribution in [0.1, 0.15) is 90.9 Å². The van der Waals surface area contributed by atoms with E-state index in [0.29, 0.717) is 11.1 Å². The van der Waals surface area contributed by atoms with Gasteiger partial charge in [-0.3, -0.25) is 0 Å². The Labute approximate surface area is 203 Å². The summed E-state index contributed by atoms with van der Waals surface area (Å²) in [6, 6.07) is 0. The molecule has 0 bridgehead atoms. The normalized spacial score (nSPS) is 13.9. The van der Waals surface area contributed by atoms with Gasteiger partial charge in [0.1, 0.15) is 0 Å². The summed E-state index contributed by atoms with van der Waals surface area (Å²) in [5.74, 6) is 0. The van der Waals surface area contributed by atoms with Gasteiger partial charge in [0.15, 0.2) is 0 Å². The first-order chi connectivity index (χ1) is 15.6. The molecule has 0 aromatic rings. The second-order valence-electron chi connectivity index (χ2n) is 9.25. The van der Waals surface area contributed by atoms with Crippen molar-refractivity contribution in [3.63, 3.8) is 0 Å². The van der Waals surface area contributed by atoms with Crippen LogP contribution in [0.15, 0.2) is 0 Å². The van der Waals surface area contributed by atoms with Crippen molar-refractivity contribution in [2.45, 2.75) is 102 Å². The van der Waals surface area contributed by atoms with Gasteiger partial charge < -0.3 is 28.3 Å². The van der Waals surface area contributed by atoms with E-state index in [4.69, 9.17) is 17.7 Å². The number of unbranched alkanes of at least 4 members (excludes halogenated alkanes) is 9. The summed E-state index contributed by atoms with van der Waals surface area (Å²) in [7, 11) is 4.21.